The molecule has 0 bridgehead atoms. The molecule has 0 spiro atoms. The van der Waals surface area contributed by atoms with Gasteiger partial charge in [0.1, 0.15) is 19.8 Å². The van der Waals surface area contributed by atoms with Gasteiger partial charge in [-0.05, 0) is 23.8 Å². The molecule has 0 saturated heterocycles. The second-order valence-corrected chi connectivity index (χ2v) is 8.91. The van der Waals surface area contributed by atoms with Crippen LogP contribution in [0.2, 0.25) is 5.02 Å². The number of nitrogens with one attached hydrogen (secondary N) is 1. The lowest BCUT2D eigenvalue weighted by molar-refractivity contribution is -0.138. The zero-order chi connectivity index (χ0) is 22.6. The Morgan fingerprint density at radius 1 is 1.10 bits per heavy atom. The number of hydrogen-bond acceptors (Lipinski definition) is 5. The van der Waals surface area contributed by atoms with E-state index in [1.165, 1.54) is 24.3 Å². The lowest BCUT2D eigenvalue weighted by Crippen LogP contribution is -2.43. The first-order valence-electron chi connectivity index (χ1n) is 9.03. The van der Waals surface area contributed by atoms with Crippen LogP contribution in [0.25, 0.3) is 0 Å². The van der Waals surface area contributed by atoms with Crippen LogP contribution in [-0.4, -0.2) is 51.1 Å². The molecule has 31 heavy (non-hydrogen) atoms. The Labute approximate surface area is 181 Å². The van der Waals surface area contributed by atoms with E-state index >= 15 is 0 Å². The summed E-state index contributed by atoms with van der Waals surface area (Å²) in [6.07, 6.45) is -4.63. The van der Waals surface area contributed by atoms with E-state index in [1.54, 1.807) is 23.5 Å². The van der Waals surface area contributed by atoms with Gasteiger partial charge in [0.05, 0.1) is 11.4 Å². The van der Waals surface area contributed by atoms with E-state index in [-0.39, 0.29) is 28.8 Å². The number of benzene rings is 2. The zero-order valence-corrected chi connectivity index (χ0v) is 17.6. The van der Waals surface area contributed by atoms with Gasteiger partial charge in [-0.2, -0.15) is 17.5 Å². The molecule has 0 atom stereocenters. The van der Waals surface area contributed by atoms with E-state index in [0.717, 1.165) is 4.31 Å². The van der Waals surface area contributed by atoms with Crippen molar-refractivity contribution in [2.75, 3.05) is 26.3 Å². The van der Waals surface area contributed by atoms with Crippen molar-refractivity contribution in [3.8, 4) is 11.5 Å². The monoisotopic (exact) mass is 478 g/mol. The number of fused-ring (bicyclic) bond motifs is 1. The van der Waals surface area contributed by atoms with Gasteiger partial charge in [0, 0.05) is 17.6 Å². The molecule has 0 aromatic heterocycles. The van der Waals surface area contributed by atoms with Crippen LogP contribution in [0.15, 0.2) is 47.4 Å². The topological polar surface area (TPSA) is 84.9 Å². The number of halogens is 4. The van der Waals surface area contributed by atoms with Gasteiger partial charge in [0.15, 0.2) is 11.5 Å². The summed E-state index contributed by atoms with van der Waals surface area (Å²) in [6, 6.07) is 10.3. The number of carbonyl (C=O) groups is 1. The van der Waals surface area contributed by atoms with Gasteiger partial charge >= 0.3 is 6.18 Å². The number of sulfonamides is 1. The Kier molecular flexibility index (Phi) is 6.97. The minimum Gasteiger partial charge on any atom is -0.486 e. The van der Waals surface area contributed by atoms with Gasteiger partial charge < -0.3 is 14.8 Å². The molecule has 2 aromatic carbocycles. The van der Waals surface area contributed by atoms with Crippen molar-refractivity contribution in [1.82, 2.24) is 9.62 Å². The summed E-state index contributed by atoms with van der Waals surface area (Å²) >= 11 is 6.11. The zero-order valence-electron chi connectivity index (χ0n) is 16.0. The van der Waals surface area contributed by atoms with E-state index in [4.69, 9.17) is 21.1 Å². The maximum atomic E-state index is 13.3. The summed E-state index contributed by atoms with van der Waals surface area (Å²) in [5.41, 5.74) is 0.383. The third kappa shape index (κ3) is 6.02. The van der Waals surface area contributed by atoms with Crippen LogP contribution in [0, 0.1) is 0 Å². The molecule has 1 aliphatic heterocycles. The minimum atomic E-state index is -4.63. The van der Waals surface area contributed by atoms with Crippen LogP contribution in [0.3, 0.4) is 0 Å². The molecule has 0 fully saturated rings. The van der Waals surface area contributed by atoms with Gasteiger partial charge in [0.25, 0.3) is 0 Å². The van der Waals surface area contributed by atoms with Crippen molar-refractivity contribution >= 4 is 27.5 Å². The van der Waals surface area contributed by atoms with Gasteiger partial charge in [-0.1, -0.05) is 29.8 Å². The molecule has 1 heterocycles. The van der Waals surface area contributed by atoms with Gasteiger partial charge in [0.2, 0.25) is 15.9 Å². The highest BCUT2D eigenvalue weighted by Gasteiger charge is 2.31. The number of hydrogen-bond donors (Lipinski definition) is 1. The van der Waals surface area contributed by atoms with Crippen LogP contribution < -0.4 is 14.8 Å². The summed E-state index contributed by atoms with van der Waals surface area (Å²) < 4.78 is 75.3. The first-order valence-corrected chi connectivity index (χ1v) is 10.8. The highest BCUT2D eigenvalue weighted by atomic mass is 35.5. The maximum absolute atomic E-state index is 13.3. The maximum Gasteiger partial charge on any atom is 0.405 e. The Balaban J connectivity index is 1.90. The van der Waals surface area contributed by atoms with E-state index in [0.29, 0.717) is 17.9 Å². The minimum absolute atomic E-state index is 0.201. The molecule has 1 N–H and O–H groups in total. The molecule has 7 nitrogen and oxygen atoms in total. The summed E-state index contributed by atoms with van der Waals surface area (Å²) in [4.78, 5) is 11.9. The van der Waals surface area contributed by atoms with E-state index in [2.05, 4.69) is 0 Å². The molecule has 1 amide bonds. The molecular formula is C19H18ClF3N2O5S. The summed E-state index contributed by atoms with van der Waals surface area (Å²) in [7, 11) is -4.30. The van der Waals surface area contributed by atoms with Gasteiger partial charge in [-0.15, -0.1) is 0 Å². The van der Waals surface area contributed by atoms with Crippen molar-refractivity contribution in [2.45, 2.75) is 17.6 Å². The predicted octanol–water partition coefficient (Wildman–Crippen LogP) is 2.98. The number of rotatable bonds is 7. The highest BCUT2D eigenvalue weighted by Crippen LogP contribution is 2.33. The number of alkyl halides is 3. The van der Waals surface area contributed by atoms with Crippen LogP contribution in [-0.2, 0) is 21.4 Å². The summed E-state index contributed by atoms with van der Waals surface area (Å²) in [5.74, 6) is -0.525. The number of carbonyl (C=O) groups excluding carboxylic acids is 1. The molecule has 0 radical (unpaired) electrons. The van der Waals surface area contributed by atoms with E-state index in [9.17, 15) is 26.4 Å². The fourth-order valence-electron chi connectivity index (χ4n) is 2.79. The second-order valence-electron chi connectivity index (χ2n) is 6.56. The summed E-state index contributed by atoms with van der Waals surface area (Å²) in [6.45, 7) is -2.18. The van der Waals surface area contributed by atoms with Gasteiger partial charge in [-0.25, -0.2) is 8.42 Å². The molecule has 1 aliphatic rings. The first-order chi connectivity index (χ1) is 14.6. The molecule has 12 heteroatoms. The Bertz CT molecular complexity index is 1060. The predicted molar refractivity (Wildman–Crippen MR) is 106 cm³/mol. The van der Waals surface area contributed by atoms with Crippen molar-refractivity contribution in [3.63, 3.8) is 0 Å². The molecule has 168 valence electrons. The molecule has 0 saturated carbocycles. The highest BCUT2D eigenvalue weighted by molar-refractivity contribution is 7.89. The fraction of sp³-hybridized carbons (Fsp3) is 0.316. The average Bonchev–Trinajstić information content (AvgIpc) is 2.72. The molecule has 2 aromatic rings. The first kappa shape index (κ1) is 23.2. The van der Waals surface area contributed by atoms with Crippen molar-refractivity contribution in [1.29, 1.82) is 0 Å². The van der Waals surface area contributed by atoms with Crippen molar-refractivity contribution < 1.29 is 35.9 Å². The summed E-state index contributed by atoms with van der Waals surface area (Å²) in [5, 5.41) is 1.93. The van der Waals surface area contributed by atoms with Crippen LogP contribution >= 0.6 is 11.6 Å². The average molecular weight is 479 g/mol. The molecule has 0 aliphatic carbocycles. The lowest BCUT2D eigenvalue weighted by Gasteiger charge is -2.24. The Morgan fingerprint density at radius 3 is 2.45 bits per heavy atom. The lowest BCUT2D eigenvalue weighted by atomic mass is 10.2. The third-order valence-corrected chi connectivity index (χ3v) is 6.42. The van der Waals surface area contributed by atoms with Crippen molar-refractivity contribution in [3.05, 3.63) is 53.1 Å². The number of ether oxygens (including phenoxy) is 2. The Morgan fingerprint density at radius 2 is 1.77 bits per heavy atom. The standard InChI is InChI=1S/C19H18ClF3N2O5S/c20-15-4-2-1-3-13(15)10-25(11-18(26)24-12-19(21,22)23)31(27,28)14-5-6-16-17(9-14)30-8-7-29-16/h1-6,9H,7-8,10-12H2,(H,24,26). The number of nitrogens with zero attached hydrogens (tertiary/aromatic N) is 1. The number of amides is 1. The Hall–Kier alpha value is -2.50. The largest absolute Gasteiger partial charge is 0.486 e. The fourth-order valence-corrected chi connectivity index (χ4v) is 4.38. The third-order valence-electron chi connectivity index (χ3n) is 4.26. The quantitative estimate of drug-likeness (QED) is 0.661. The van der Waals surface area contributed by atoms with Crippen LogP contribution in [0.1, 0.15) is 5.56 Å². The van der Waals surface area contributed by atoms with Crippen LogP contribution in [0.4, 0.5) is 13.2 Å². The normalized spacial score (nSPS) is 13.8. The van der Waals surface area contributed by atoms with E-state index in [1.807, 2.05) is 0 Å². The van der Waals surface area contributed by atoms with Crippen LogP contribution in [0.5, 0.6) is 11.5 Å². The molecular weight excluding hydrogens is 461 g/mol. The SMILES string of the molecule is O=C(CN(Cc1ccccc1Cl)S(=O)(=O)c1ccc2c(c1)OCCO2)NCC(F)(F)F. The van der Waals surface area contributed by atoms with Gasteiger partial charge in [-0.3, -0.25) is 4.79 Å². The molecule has 0 unspecified atom stereocenters. The smallest absolute Gasteiger partial charge is 0.405 e. The van der Waals surface area contributed by atoms with Crippen molar-refractivity contribution in [2.24, 2.45) is 0 Å². The second kappa shape index (κ2) is 9.33. The molecule has 3 rings (SSSR count). The van der Waals surface area contributed by atoms with E-state index < -0.39 is 35.2 Å².